The van der Waals surface area contributed by atoms with Gasteiger partial charge in [-0.25, -0.2) is 0 Å². The van der Waals surface area contributed by atoms with Crippen molar-refractivity contribution in [1.82, 2.24) is 4.90 Å². The van der Waals surface area contributed by atoms with E-state index in [0.29, 0.717) is 6.04 Å². The molecule has 1 aromatic carbocycles. The Balaban J connectivity index is 2.12. The number of piperidine rings is 1. The van der Waals surface area contributed by atoms with Gasteiger partial charge in [-0.2, -0.15) is 5.26 Å². The molecule has 0 unspecified atom stereocenters. The second-order valence-electron chi connectivity index (χ2n) is 5.65. The van der Waals surface area contributed by atoms with Gasteiger partial charge in [-0.3, -0.25) is 0 Å². The third kappa shape index (κ3) is 3.05. The Morgan fingerprint density at radius 2 is 1.95 bits per heavy atom. The van der Waals surface area contributed by atoms with Crippen LogP contribution < -0.4 is 10.1 Å². The maximum Gasteiger partial charge on any atom is 0.141 e. The molecule has 1 fully saturated rings. The molecule has 1 saturated heterocycles. The van der Waals surface area contributed by atoms with Crippen LogP contribution in [0.5, 0.6) is 5.75 Å². The van der Waals surface area contributed by atoms with Gasteiger partial charge in [0.25, 0.3) is 0 Å². The Kier molecular flexibility index (Phi) is 4.51. The van der Waals surface area contributed by atoms with Crippen LogP contribution in [0.4, 0.5) is 5.69 Å². The van der Waals surface area contributed by atoms with E-state index in [1.54, 1.807) is 7.11 Å². The van der Waals surface area contributed by atoms with Crippen LogP contribution in [-0.4, -0.2) is 36.7 Å². The minimum Gasteiger partial charge on any atom is -0.495 e. The molecule has 108 valence electrons. The molecule has 0 atom stereocenters. The lowest BCUT2D eigenvalue weighted by atomic mass is 9.88. The highest BCUT2D eigenvalue weighted by molar-refractivity contribution is 5.59. The standard InChI is InChI=1S/C16H23N3O/c1-13(2)19-10-8-16(12-17,9-11-19)18-14-6-4-5-7-15(14)20-3/h4-7,13,18H,8-11H2,1-3H3. The maximum atomic E-state index is 9.62. The molecule has 0 aliphatic carbocycles. The van der Waals surface area contributed by atoms with E-state index in [1.807, 2.05) is 24.3 Å². The molecule has 0 amide bonds. The van der Waals surface area contributed by atoms with E-state index in [4.69, 9.17) is 4.74 Å². The van der Waals surface area contributed by atoms with Crippen molar-refractivity contribution in [2.24, 2.45) is 0 Å². The van der Waals surface area contributed by atoms with E-state index in [0.717, 1.165) is 37.4 Å². The second-order valence-corrected chi connectivity index (χ2v) is 5.65. The Bertz CT molecular complexity index is 485. The van der Waals surface area contributed by atoms with Gasteiger partial charge in [-0.1, -0.05) is 12.1 Å². The summed E-state index contributed by atoms with van der Waals surface area (Å²) in [6, 6.07) is 10.8. The van der Waals surface area contributed by atoms with E-state index in [1.165, 1.54) is 0 Å². The van der Waals surface area contributed by atoms with E-state index in [2.05, 4.69) is 30.1 Å². The first-order valence-electron chi connectivity index (χ1n) is 7.17. The second kappa shape index (κ2) is 6.15. The topological polar surface area (TPSA) is 48.3 Å². The summed E-state index contributed by atoms with van der Waals surface area (Å²) in [5.74, 6) is 0.786. The fourth-order valence-corrected chi connectivity index (χ4v) is 2.69. The van der Waals surface area contributed by atoms with Gasteiger partial charge in [-0.05, 0) is 38.8 Å². The van der Waals surface area contributed by atoms with Crippen LogP contribution in [0.1, 0.15) is 26.7 Å². The molecule has 0 spiro atoms. The third-order valence-corrected chi connectivity index (χ3v) is 4.08. The van der Waals surface area contributed by atoms with Crippen molar-refractivity contribution in [2.75, 3.05) is 25.5 Å². The van der Waals surface area contributed by atoms with Crippen molar-refractivity contribution in [3.63, 3.8) is 0 Å². The van der Waals surface area contributed by atoms with Gasteiger partial charge in [0.2, 0.25) is 0 Å². The number of ether oxygens (including phenoxy) is 1. The van der Waals surface area contributed by atoms with Gasteiger partial charge in [0.15, 0.2) is 0 Å². The van der Waals surface area contributed by atoms with Gasteiger partial charge >= 0.3 is 0 Å². The van der Waals surface area contributed by atoms with Gasteiger partial charge in [0.05, 0.1) is 18.9 Å². The Hall–Kier alpha value is -1.73. The molecular formula is C16H23N3O. The summed E-state index contributed by atoms with van der Waals surface area (Å²) in [6.45, 7) is 6.31. The number of methoxy groups -OCH3 is 1. The smallest absolute Gasteiger partial charge is 0.141 e. The average molecular weight is 273 g/mol. The zero-order valence-corrected chi connectivity index (χ0v) is 12.5. The zero-order valence-electron chi connectivity index (χ0n) is 12.5. The molecule has 1 N–H and O–H groups in total. The van der Waals surface area contributed by atoms with Crippen LogP contribution in [0.25, 0.3) is 0 Å². The summed E-state index contributed by atoms with van der Waals surface area (Å²) < 4.78 is 5.35. The Morgan fingerprint density at radius 1 is 1.30 bits per heavy atom. The molecular weight excluding hydrogens is 250 g/mol. The number of hydrogen-bond donors (Lipinski definition) is 1. The first-order valence-corrected chi connectivity index (χ1v) is 7.17. The summed E-state index contributed by atoms with van der Waals surface area (Å²) in [7, 11) is 1.65. The highest BCUT2D eigenvalue weighted by Crippen LogP contribution is 2.31. The van der Waals surface area contributed by atoms with Crippen LogP contribution in [0.2, 0.25) is 0 Å². The van der Waals surface area contributed by atoms with E-state index in [-0.39, 0.29) is 0 Å². The molecule has 2 rings (SSSR count). The number of likely N-dealkylation sites (tertiary alicyclic amines) is 1. The zero-order chi connectivity index (χ0) is 14.6. The molecule has 1 heterocycles. The summed E-state index contributed by atoms with van der Waals surface area (Å²) in [5, 5.41) is 13.0. The average Bonchev–Trinajstić information content (AvgIpc) is 2.48. The first kappa shape index (κ1) is 14.7. The van der Waals surface area contributed by atoms with Crippen molar-refractivity contribution >= 4 is 5.69 Å². The highest BCUT2D eigenvalue weighted by atomic mass is 16.5. The lowest BCUT2D eigenvalue weighted by Gasteiger charge is -2.40. The number of nitriles is 1. The van der Waals surface area contributed by atoms with Crippen molar-refractivity contribution in [2.45, 2.75) is 38.3 Å². The van der Waals surface area contributed by atoms with E-state index in [9.17, 15) is 5.26 Å². The number of nitrogens with zero attached hydrogens (tertiary/aromatic N) is 2. The van der Waals surface area contributed by atoms with Crippen LogP contribution in [0, 0.1) is 11.3 Å². The predicted molar refractivity (Wildman–Crippen MR) is 80.9 cm³/mol. The van der Waals surface area contributed by atoms with Crippen LogP contribution in [0.15, 0.2) is 24.3 Å². The Labute approximate surface area is 121 Å². The molecule has 4 heteroatoms. The van der Waals surface area contributed by atoms with Crippen molar-refractivity contribution in [1.29, 1.82) is 5.26 Å². The van der Waals surface area contributed by atoms with Crippen LogP contribution >= 0.6 is 0 Å². The molecule has 1 aliphatic heterocycles. The molecule has 0 bridgehead atoms. The quantitative estimate of drug-likeness (QED) is 0.916. The Morgan fingerprint density at radius 3 is 2.50 bits per heavy atom. The number of anilines is 1. The fraction of sp³-hybridized carbons (Fsp3) is 0.562. The molecule has 4 nitrogen and oxygen atoms in total. The SMILES string of the molecule is COc1ccccc1NC1(C#N)CCN(C(C)C)CC1. The monoisotopic (exact) mass is 273 g/mol. The highest BCUT2D eigenvalue weighted by Gasteiger charge is 2.35. The lowest BCUT2D eigenvalue weighted by molar-refractivity contribution is 0.159. The number of nitrogens with one attached hydrogen (secondary N) is 1. The van der Waals surface area contributed by atoms with Gasteiger partial charge < -0.3 is 15.0 Å². The summed E-state index contributed by atoms with van der Waals surface area (Å²) in [6.07, 6.45) is 1.67. The van der Waals surface area contributed by atoms with Crippen LogP contribution in [-0.2, 0) is 0 Å². The van der Waals surface area contributed by atoms with Crippen molar-refractivity contribution in [3.8, 4) is 11.8 Å². The van der Waals surface area contributed by atoms with Crippen LogP contribution in [0.3, 0.4) is 0 Å². The van der Waals surface area contributed by atoms with Gasteiger partial charge in [-0.15, -0.1) is 0 Å². The third-order valence-electron chi connectivity index (χ3n) is 4.08. The lowest BCUT2D eigenvalue weighted by Crippen LogP contribution is -2.50. The number of hydrogen-bond acceptors (Lipinski definition) is 4. The normalized spacial score (nSPS) is 18.6. The molecule has 1 aromatic rings. The maximum absolute atomic E-state index is 9.62. The molecule has 1 aliphatic rings. The summed E-state index contributed by atoms with van der Waals surface area (Å²) in [5.41, 5.74) is 0.412. The number of rotatable bonds is 4. The minimum atomic E-state index is -0.486. The predicted octanol–water partition coefficient (Wildman–Crippen LogP) is 2.87. The molecule has 0 saturated carbocycles. The first-order chi connectivity index (χ1) is 9.60. The van der Waals surface area contributed by atoms with Crippen molar-refractivity contribution in [3.05, 3.63) is 24.3 Å². The minimum absolute atomic E-state index is 0.486. The summed E-state index contributed by atoms with van der Waals surface area (Å²) >= 11 is 0. The molecule has 0 aromatic heterocycles. The molecule has 0 radical (unpaired) electrons. The summed E-state index contributed by atoms with van der Waals surface area (Å²) in [4.78, 5) is 2.42. The van der Waals surface area contributed by atoms with E-state index >= 15 is 0 Å². The number of para-hydroxylation sites is 2. The number of benzene rings is 1. The van der Waals surface area contributed by atoms with Crippen molar-refractivity contribution < 1.29 is 4.74 Å². The van der Waals surface area contributed by atoms with E-state index < -0.39 is 5.54 Å². The molecule has 20 heavy (non-hydrogen) atoms. The largest absolute Gasteiger partial charge is 0.495 e. The fourth-order valence-electron chi connectivity index (χ4n) is 2.69. The van der Waals surface area contributed by atoms with Gasteiger partial charge in [0, 0.05) is 19.1 Å². The van der Waals surface area contributed by atoms with Gasteiger partial charge in [0.1, 0.15) is 11.3 Å².